The smallest absolute Gasteiger partial charge is 0.225 e. The summed E-state index contributed by atoms with van der Waals surface area (Å²) >= 11 is 4.97. The molecule has 1 aliphatic rings. The van der Waals surface area contributed by atoms with Crippen LogP contribution in [0.2, 0.25) is 0 Å². The molecule has 1 aromatic carbocycles. The molecule has 0 unspecified atom stereocenters. The predicted octanol–water partition coefficient (Wildman–Crippen LogP) is 1.74. The van der Waals surface area contributed by atoms with Crippen molar-refractivity contribution in [2.75, 3.05) is 18.9 Å². The van der Waals surface area contributed by atoms with Gasteiger partial charge in [-0.05, 0) is 32.0 Å². The second kappa shape index (κ2) is 6.12. The lowest BCUT2D eigenvalue weighted by Gasteiger charge is -2.15. The van der Waals surface area contributed by atoms with Crippen molar-refractivity contribution in [3.8, 4) is 0 Å². The SMILES string of the molecule is CN(CCC(=O)Nc1ccccc1C(N)=S)C1CC1. The summed E-state index contributed by atoms with van der Waals surface area (Å²) in [4.78, 5) is 14.4. The molecule has 0 heterocycles. The van der Waals surface area contributed by atoms with Gasteiger partial charge in [0.15, 0.2) is 0 Å². The van der Waals surface area contributed by atoms with Crippen LogP contribution < -0.4 is 11.1 Å². The average Bonchev–Trinajstić information content (AvgIpc) is 3.20. The van der Waals surface area contributed by atoms with Gasteiger partial charge in [0.2, 0.25) is 5.91 Å². The molecule has 4 nitrogen and oxygen atoms in total. The molecule has 1 amide bonds. The molecule has 0 radical (unpaired) electrons. The van der Waals surface area contributed by atoms with Crippen molar-refractivity contribution < 1.29 is 4.79 Å². The topological polar surface area (TPSA) is 58.4 Å². The van der Waals surface area contributed by atoms with Crippen LogP contribution in [0.5, 0.6) is 0 Å². The molecule has 0 spiro atoms. The molecule has 0 bridgehead atoms. The van der Waals surface area contributed by atoms with E-state index in [2.05, 4.69) is 17.3 Å². The van der Waals surface area contributed by atoms with Crippen LogP contribution >= 0.6 is 12.2 Å². The van der Waals surface area contributed by atoms with Crippen LogP contribution in [0, 0.1) is 0 Å². The minimum atomic E-state index is -0.00352. The van der Waals surface area contributed by atoms with Gasteiger partial charge < -0.3 is 16.0 Å². The first-order chi connectivity index (χ1) is 9.08. The number of amides is 1. The lowest BCUT2D eigenvalue weighted by molar-refractivity contribution is -0.116. The van der Waals surface area contributed by atoms with Gasteiger partial charge in [0, 0.05) is 24.6 Å². The summed E-state index contributed by atoms with van der Waals surface area (Å²) in [5.74, 6) is -0.00352. The maximum atomic E-state index is 11.9. The lowest BCUT2D eigenvalue weighted by atomic mass is 10.1. The third-order valence-corrected chi connectivity index (χ3v) is 3.55. The highest BCUT2D eigenvalue weighted by molar-refractivity contribution is 7.80. The largest absolute Gasteiger partial charge is 0.389 e. The molecule has 0 atom stereocenters. The third kappa shape index (κ3) is 4.01. The number of nitrogens with one attached hydrogen (secondary N) is 1. The maximum absolute atomic E-state index is 11.9. The molecule has 1 saturated carbocycles. The molecule has 1 fully saturated rings. The number of carbonyl (C=O) groups is 1. The highest BCUT2D eigenvalue weighted by atomic mass is 32.1. The molecule has 3 N–H and O–H groups in total. The zero-order valence-corrected chi connectivity index (χ0v) is 11.9. The van der Waals surface area contributed by atoms with E-state index >= 15 is 0 Å². The fourth-order valence-corrected chi connectivity index (χ4v) is 2.17. The summed E-state index contributed by atoms with van der Waals surface area (Å²) in [7, 11) is 2.06. The van der Waals surface area contributed by atoms with E-state index in [0.29, 0.717) is 28.7 Å². The zero-order chi connectivity index (χ0) is 13.8. The van der Waals surface area contributed by atoms with Crippen LogP contribution in [0.25, 0.3) is 0 Å². The monoisotopic (exact) mass is 277 g/mol. The van der Waals surface area contributed by atoms with E-state index in [1.165, 1.54) is 12.8 Å². The number of rotatable bonds is 6. The number of para-hydroxylation sites is 1. The van der Waals surface area contributed by atoms with E-state index in [9.17, 15) is 4.79 Å². The van der Waals surface area contributed by atoms with E-state index in [4.69, 9.17) is 18.0 Å². The van der Waals surface area contributed by atoms with Crippen molar-refractivity contribution in [2.45, 2.75) is 25.3 Å². The van der Waals surface area contributed by atoms with Gasteiger partial charge in [-0.25, -0.2) is 0 Å². The molecular weight excluding hydrogens is 258 g/mol. The molecule has 5 heteroatoms. The Morgan fingerprint density at radius 1 is 1.47 bits per heavy atom. The van der Waals surface area contributed by atoms with Crippen LogP contribution in [0.15, 0.2) is 24.3 Å². The van der Waals surface area contributed by atoms with Crippen LogP contribution in [0.4, 0.5) is 5.69 Å². The van der Waals surface area contributed by atoms with Crippen LogP contribution in [0.1, 0.15) is 24.8 Å². The fourth-order valence-electron chi connectivity index (χ4n) is 2.00. The first kappa shape index (κ1) is 14.0. The molecule has 1 aliphatic carbocycles. The van der Waals surface area contributed by atoms with Crippen LogP contribution in [-0.2, 0) is 4.79 Å². The second-order valence-electron chi connectivity index (χ2n) is 4.92. The Bertz CT molecular complexity index is 485. The number of carbonyl (C=O) groups excluding carboxylic acids is 1. The van der Waals surface area contributed by atoms with Gasteiger partial charge in [-0.1, -0.05) is 24.4 Å². The Hall–Kier alpha value is -1.46. The van der Waals surface area contributed by atoms with Gasteiger partial charge in [0.05, 0.1) is 5.69 Å². The molecule has 0 aliphatic heterocycles. The summed E-state index contributed by atoms with van der Waals surface area (Å²) in [5.41, 5.74) is 7.03. The van der Waals surface area contributed by atoms with Gasteiger partial charge in [0.1, 0.15) is 4.99 Å². The van der Waals surface area contributed by atoms with Crippen molar-refractivity contribution in [1.29, 1.82) is 0 Å². The summed E-state index contributed by atoms with van der Waals surface area (Å²) < 4.78 is 0. The van der Waals surface area contributed by atoms with Crippen molar-refractivity contribution in [2.24, 2.45) is 5.73 Å². The number of anilines is 1. The molecule has 1 aromatic rings. The maximum Gasteiger partial charge on any atom is 0.225 e. The number of hydrogen-bond acceptors (Lipinski definition) is 3. The van der Waals surface area contributed by atoms with Crippen LogP contribution in [-0.4, -0.2) is 35.4 Å². The molecule has 2 rings (SSSR count). The van der Waals surface area contributed by atoms with Crippen molar-refractivity contribution in [3.05, 3.63) is 29.8 Å². The quantitative estimate of drug-likeness (QED) is 0.778. The van der Waals surface area contributed by atoms with E-state index in [1.807, 2.05) is 24.3 Å². The standard InChI is InChI=1S/C14H19N3OS/c1-17(10-6-7-10)9-8-13(18)16-12-5-3-2-4-11(12)14(15)19/h2-5,10H,6-9H2,1H3,(H2,15,19)(H,16,18). The summed E-state index contributed by atoms with van der Waals surface area (Å²) in [6.45, 7) is 0.783. The number of thiocarbonyl (C=S) groups is 1. The number of benzene rings is 1. The van der Waals surface area contributed by atoms with E-state index in [1.54, 1.807) is 0 Å². The van der Waals surface area contributed by atoms with Gasteiger partial charge in [-0.15, -0.1) is 0 Å². The summed E-state index contributed by atoms with van der Waals surface area (Å²) in [5, 5.41) is 2.87. The average molecular weight is 277 g/mol. The van der Waals surface area contributed by atoms with E-state index < -0.39 is 0 Å². The Kier molecular flexibility index (Phi) is 4.50. The molecule has 102 valence electrons. The van der Waals surface area contributed by atoms with E-state index in [-0.39, 0.29) is 5.91 Å². The molecule has 19 heavy (non-hydrogen) atoms. The molecular formula is C14H19N3OS. The minimum absolute atomic E-state index is 0.00352. The van der Waals surface area contributed by atoms with Crippen molar-refractivity contribution in [3.63, 3.8) is 0 Å². The Labute approximate surface area is 119 Å². The van der Waals surface area contributed by atoms with Gasteiger partial charge in [0.25, 0.3) is 0 Å². The molecule has 0 aromatic heterocycles. The minimum Gasteiger partial charge on any atom is -0.389 e. The number of nitrogens with two attached hydrogens (primary N) is 1. The summed E-state index contributed by atoms with van der Waals surface area (Å²) in [6, 6.07) is 8.01. The van der Waals surface area contributed by atoms with Crippen molar-refractivity contribution in [1.82, 2.24) is 4.90 Å². The van der Waals surface area contributed by atoms with Gasteiger partial charge >= 0.3 is 0 Å². The van der Waals surface area contributed by atoms with Gasteiger partial charge in [-0.2, -0.15) is 0 Å². The second-order valence-corrected chi connectivity index (χ2v) is 5.36. The normalized spacial score (nSPS) is 14.4. The first-order valence-electron chi connectivity index (χ1n) is 6.47. The Morgan fingerprint density at radius 3 is 2.79 bits per heavy atom. The highest BCUT2D eigenvalue weighted by Crippen LogP contribution is 2.25. The third-order valence-electron chi connectivity index (χ3n) is 3.33. The first-order valence-corrected chi connectivity index (χ1v) is 6.87. The van der Waals surface area contributed by atoms with E-state index in [0.717, 1.165) is 6.54 Å². The Balaban J connectivity index is 1.89. The number of hydrogen-bond donors (Lipinski definition) is 2. The molecule has 0 saturated heterocycles. The predicted molar refractivity (Wildman–Crippen MR) is 81.2 cm³/mol. The lowest BCUT2D eigenvalue weighted by Crippen LogP contribution is -2.26. The van der Waals surface area contributed by atoms with Crippen LogP contribution in [0.3, 0.4) is 0 Å². The summed E-state index contributed by atoms with van der Waals surface area (Å²) in [6.07, 6.45) is 2.99. The highest BCUT2D eigenvalue weighted by Gasteiger charge is 2.25. The Morgan fingerprint density at radius 2 is 2.16 bits per heavy atom. The number of nitrogens with zero attached hydrogens (tertiary/aromatic N) is 1. The van der Waals surface area contributed by atoms with Crippen molar-refractivity contribution >= 4 is 28.8 Å². The van der Waals surface area contributed by atoms with Gasteiger partial charge in [-0.3, -0.25) is 4.79 Å². The zero-order valence-electron chi connectivity index (χ0n) is 11.1. The fraction of sp³-hybridized carbons (Fsp3) is 0.429.